The smallest absolute Gasteiger partial charge is 0.176 e. The molecule has 2 heteroatoms. The van der Waals surface area contributed by atoms with Crippen molar-refractivity contribution in [1.29, 1.82) is 0 Å². The average molecular weight is 285 g/mol. The van der Waals surface area contributed by atoms with Crippen molar-refractivity contribution in [2.45, 2.75) is 13.5 Å². The first-order chi connectivity index (χ1) is 5.90. The topological polar surface area (TPSA) is 3.88 Å². The van der Waals surface area contributed by atoms with Crippen LogP contribution in [0.1, 0.15) is 6.92 Å². The van der Waals surface area contributed by atoms with Gasteiger partial charge in [0.25, 0.3) is 0 Å². The second kappa shape index (κ2) is 4.56. The van der Waals surface area contributed by atoms with Gasteiger partial charge in [-0.25, -0.2) is 4.57 Å². The van der Waals surface area contributed by atoms with Crippen LogP contribution in [0.15, 0.2) is 42.7 Å². The highest BCUT2D eigenvalue weighted by molar-refractivity contribution is 5.80. The number of aromatic nitrogens is 1. The zero-order chi connectivity index (χ0) is 8.39. The standard InChI is InChI=1S/C11H12N.HI/c1-2-12-8-7-10-5-3-4-6-11(10)9-12;/h3-9H,2H2,1H3;1H/q+1;/p-1. The van der Waals surface area contributed by atoms with Crippen LogP contribution in [0.5, 0.6) is 0 Å². The summed E-state index contributed by atoms with van der Waals surface area (Å²) in [6.45, 7) is 3.18. The molecule has 0 saturated heterocycles. The van der Waals surface area contributed by atoms with Crippen molar-refractivity contribution in [2.75, 3.05) is 0 Å². The van der Waals surface area contributed by atoms with Crippen molar-refractivity contribution in [1.82, 2.24) is 0 Å². The van der Waals surface area contributed by atoms with Crippen LogP contribution in [0.3, 0.4) is 0 Å². The van der Waals surface area contributed by atoms with Crippen LogP contribution in [0.4, 0.5) is 0 Å². The van der Waals surface area contributed by atoms with Crippen LogP contribution >= 0.6 is 0 Å². The number of fused-ring (bicyclic) bond motifs is 1. The molecule has 2 aromatic rings. The van der Waals surface area contributed by atoms with Gasteiger partial charge < -0.3 is 24.0 Å². The van der Waals surface area contributed by atoms with E-state index in [0.29, 0.717) is 0 Å². The molecular formula is C11H12IN. The number of pyridine rings is 1. The van der Waals surface area contributed by atoms with Gasteiger partial charge in [0.05, 0.1) is 0 Å². The SMILES string of the molecule is CC[n+]1ccc2ccccc2c1.[I-]. The number of aryl methyl sites for hydroxylation is 1. The zero-order valence-electron chi connectivity index (χ0n) is 7.57. The number of benzene rings is 1. The summed E-state index contributed by atoms with van der Waals surface area (Å²) in [4.78, 5) is 0. The molecule has 0 N–H and O–H groups in total. The first-order valence-corrected chi connectivity index (χ1v) is 4.28. The minimum Gasteiger partial charge on any atom is -1.00 e. The molecule has 0 saturated carbocycles. The molecule has 13 heavy (non-hydrogen) atoms. The Morgan fingerprint density at radius 1 is 1.08 bits per heavy atom. The van der Waals surface area contributed by atoms with Crippen molar-refractivity contribution in [3.05, 3.63) is 42.7 Å². The van der Waals surface area contributed by atoms with E-state index < -0.39 is 0 Å². The fraction of sp³-hybridized carbons (Fsp3) is 0.182. The molecule has 0 fully saturated rings. The predicted octanol–water partition coefficient (Wildman–Crippen LogP) is -0.849. The first kappa shape index (κ1) is 10.4. The molecule has 1 aromatic carbocycles. The van der Waals surface area contributed by atoms with Gasteiger partial charge in [-0.05, 0) is 18.4 Å². The van der Waals surface area contributed by atoms with Gasteiger partial charge in [0.15, 0.2) is 12.4 Å². The summed E-state index contributed by atoms with van der Waals surface area (Å²) in [7, 11) is 0. The monoisotopic (exact) mass is 285 g/mol. The fourth-order valence-corrected chi connectivity index (χ4v) is 1.37. The largest absolute Gasteiger partial charge is 1.00 e. The van der Waals surface area contributed by atoms with Crippen molar-refractivity contribution in [3.63, 3.8) is 0 Å². The van der Waals surface area contributed by atoms with E-state index >= 15 is 0 Å². The van der Waals surface area contributed by atoms with Crippen LogP contribution in [-0.4, -0.2) is 0 Å². The third-order valence-corrected chi connectivity index (χ3v) is 2.11. The third-order valence-electron chi connectivity index (χ3n) is 2.11. The van der Waals surface area contributed by atoms with E-state index in [-0.39, 0.29) is 24.0 Å². The molecule has 0 unspecified atom stereocenters. The maximum Gasteiger partial charge on any atom is 0.176 e. The van der Waals surface area contributed by atoms with E-state index in [9.17, 15) is 0 Å². The van der Waals surface area contributed by atoms with Crippen LogP contribution in [0.2, 0.25) is 0 Å². The summed E-state index contributed by atoms with van der Waals surface area (Å²) < 4.78 is 2.18. The lowest BCUT2D eigenvalue weighted by Gasteiger charge is -1.95. The summed E-state index contributed by atoms with van der Waals surface area (Å²) in [5.41, 5.74) is 0. The van der Waals surface area contributed by atoms with Gasteiger partial charge in [-0.3, -0.25) is 0 Å². The van der Waals surface area contributed by atoms with Crippen molar-refractivity contribution >= 4 is 10.8 Å². The van der Waals surface area contributed by atoms with Crippen LogP contribution < -0.4 is 28.5 Å². The van der Waals surface area contributed by atoms with E-state index in [1.54, 1.807) is 0 Å². The molecule has 0 amide bonds. The van der Waals surface area contributed by atoms with Gasteiger partial charge in [-0.2, -0.15) is 0 Å². The van der Waals surface area contributed by atoms with Crippen molar-refractivity contribution < 1.29 is 28.5 Å². The van der Waals surface area contributed by atoms with E-state index in [2.05, 4.69) is 54.2 Å². The normalized spacial score (nSPS) is 9.62. The highest BCUT2D eigenvalue weighted by Crippen LogP contribution is 2.09. The van der Waals surface area contributed by atoms with E-state index in [1.165, 1.54) is 10.8 Å². The Bertz CT molecular complexity index is 398. The lowest BCUT2D eigenvalue weighted by atomic mass is 10.2. The number of halogens is 1. The van der Waals surface area contributed by atoms with Crippen LogP contribution in [0, 0.1) is 0 Å². The van der Waals surface area contributed by atoms with Gasteiger partial charge in [0.1, 0.15) is 6.54 Å². The molecule has 0 atom stereocenters. The molecule has 0 aliphatic heterocycles. The van der Waals surface area contributed by atoms with Crippen LogP contribution in [-0.2, 0) is 6.54 Å². The quantitative estimate of drug-likeness (QED) is 0.475. The highest BCUT2D eigenvalue weighted by Gasteiger charge is 1.97. The molecular weight excluding hydrogens is 273 g/mol. The average Bonchev–Trinajstić information content (AvgIpc) is 2.17. The molecule has 0 spiro atoms. The molecule has 1 aromatic heterocycles. The molecule has 0 bridgehead atoms. The Balaban J connectivity index is 0.000000845. The van der Waals surface area contributed by atoms with Gasteiger partial charge in [-0.15, -0.1) is 0 Å². The van der Waals surface area contributed by atoms with Gasteiger partial charge in [0, 0.05) is 11.5 Å². The van der Waals surface area contributed by atoms with Crippen molar-refractivity contribution in [3.8, 4) is 0 Å². The molecule has 1 nitrogen and oxygen atoms in total. The van der Waals surface area contributed by atoms with Gasteiger partial charge >= 0.3 is 0 Å². The maximum absolute atomic E-state index is 2.18. The van der Waals surface area contributed by atoms with Gasteiger partial charge in [-0.1, -0.05) is 18.2 Å². The first-order valence-electron chi connectivity index (χ1n) is 4.28. The fourth-order valence-electron chi connectivity index (χ4n) is 1.37. The Labute approximate surface area is 95.4 Å². The Hall–Kier alpha value is -0.640. The summed E-state index contributed by atoms with van der Waals surface area (Å²) in [6.07, 6.45) is 4.29. The summed E-state index contributed by atoms with van der Waals surface area (Å²) in [6, 6.07) is 10.6. The number of hydrogen-bond acceptors (Lipinski definition) is 0. The number of nitrogens with zero attached hydrogens (tertiary/aromatic N) is 1. The maximum atomic E-state index is 2.18. The second-order valence-corrected chi connectivity index (χ2v) is 2.90. The van der Waals surface area contributed by atoms with Gasteiger partial charge in [0.2, 0.25) is 0 Å². The molecule has 68 valence electrons. The van der Waals surface area contributed by atoms with Crippen molar-refractivity contribution in [2.24, 2.45) is 0 Å². The molecule has 0 aliphatic carbocycles. The summed E-state index contributed by atoms with van der Waals surface area (Å²) >= 11 is 0. The molecule has 0 radical (unpaired) electrons. The Morgan fingerprint density at radius 3 is 2.46 bits per heavy atom. The van der Waals surface area contributed by atoms with Crippen LogP contribution in [0.25, 0.3) is 10.8 Å². The second-order valence-electron chi connectivity index (χ2n) is 2.90. The predicted molar refractivity (Wildman–Crippen MR) is 49.8 cm³/mol. The summed E-state index contributed by atoms with van der Waals surface area (Å²) in [5.74, 6) is 0. The minimum atomic E-state index is 0. The molecule has 1 heterocycles. The zero-order valence-corrected chi connectivity index (χ0v) is 9.73. The lowest BCUT2D eigenvalue weighted by molar-refractivity contribution is -0.692. The molecule has 2 rings (SSSR count). The number of hydrogen-bond donors (Lipinski definition) is 0. The van der Waals surface area contributed by atoms with E-state index in [0.717, 1.165) is 6.54 Å². The lowest BCUT2D eigenvalue weighted by Crippen LogP contribution is -3.00. The third kappa shape index (κ3) is 2.18. The summed E-state index contributed by atoms with van der Waals surface area (Å²) in [5, 5.41) is 2.61. The Morgan fingerprint density at radius 2 is 1.77 bits per heavy atom. The molecule has 0 aliphatic rings. The Kier molecular flexibility index (Phi) is 3.66. The highest BCUT2D eigenvalue weighted by atomic mass is 127. The minimum absolute atomic E-state index is 0. The van der Waals surface area contributed by atoms with E-state index in [4.69, 9.17) is 0 Å². The van der Waals surface area contributed by atoms with E-state index in [1.807, 2.05) is 0 Å². The number of rotatable bonds is 1.